The van der Waals surface area contributed by atoms with E-state index in [1.165, 1.54) is 16.5 Å². The van der Waals surface area contributed by atoms with Crippen molar-refractivity contribution in [1.82, 2.24) is 19.8 Å². The molecule has 1 unspecified atom stereocenters. The van der Waals surface area contributed by atoms with Crippen LogP contribution < -0.4 is 10.2 Å². The molecule has 38 heavy (non-hydrogen) atoms. The van der Waals surface area contributed by atoms with Gasteiger partial charge in [-0.05, 0) is 42.9 Å². The third kappa shape index (κ3) is 6.32. The van der Waals surface area contributed by atoms with Gasteiger partial charge in [0.1, 0.15) is 12.4 Å². The van der Waals surface area contributed by atoms with E-state index < -0.39 is 0 Å². The zero-order chi connectivity index (χ0) is 27.4. The third-order valence-electron chi connectivity index (χ3n) is 7.20. The number of hydrogen-bond donors (Lipinski definition) is 1. The Morgan fingerprint density at radius 1 is 1.16 bits per heavy atom. The number of anilines is 2. The van der Waals surface area contributed by atoms with Gasteiger partial charge in [-0.1, -0.05) is 51.6 Å². The van der Waals surface area contributed by atoms with Crippen LogP contribution in [0.3, 0.4) is 0 Å². The highest BCUT2D eigenvalue weighted by Crippen LogP contribution is 2.35. The second-order valence-corrected chi connectivity index (χ2v) is 11.2. The molecule has 1 saturated heterocycles. The molecule has 1 N–H and O–H groups in total. The largest absolute Gasteiger partial charge is 0.444 e. The smallest absolute Gasteiger partial charge is 0.415 e. The van der Waals surface area contributed by atoms with Crippen LogP contribution in [0.1, 0.15) is 69.8 Å². The summed E-state index contributed by atoms with van der Waals surface area (Å²) in [4.78, 5) is 39.1. The molecule has 0 radical (unpaired) electrons. The van der Waals surface area contributed by atoms with Crippen molar-refractivity contribution < 1.29 is 14.3 Å². The quantitative estimate of drug-likeness (QED) is 0.493. The maximum atomic E-state index is 12.1. The van der Waals surface area contributed by atoms with E-state index >= 15 is 0 Å². The summed E-state index contributed by atoms with van der Waals surface area (Å²) < 4.78 is 5.19. The molecule has 1 aromatic carbocycles. The number of fused-ring (bicyclic) bond motifs is 1. The average molecular weight is 521 g/mol. The van der Waals surface area contributed by atoms with Crippen molar-refractivity contribution in [3.8, 4) is 0 Å². The molecule has 2 aliphatic heterocycles. The minimum absolute atomic E-state index is 0.00750. The number of hydrogen-bond acceptors (Lipinski definition) is 7. The van der Waals surface area contributed by atoms with Gasteiger partial charge in [-0.2, -0.15) is 4.98 Å². The van der Waals surface area contributed by atoms with Gasteiger partial charge in [-0.15, -0.1) is 0 Å². The molecule has 204 valence electrons. The van der Waals surface area contributed by atoms with Crippen molar-refractivity contribution in [2.75, 3.05) is 42.9 Å². The number of cyclic esters (lactones) is 1. The van der Waals surface area contributed by atoms with Gasteiger partial charge in [0.05, 0.1) is 11.6 Å². The maximum absolute atomic E-state index is 12.1. The summed E-state index contributed by atoms with van der Waals surface area (Å²) >= 11 is 0. The second kappa shape index (κ2) is 11.5. The number of piperazine rings is 1. The molecule has 0 spiro atoms. The number of amides is 2. The minimum atomic E-state index is -0.383. The van der Waals surface area contributed by atoms with Crippen LogP contribution in [0.4, 0.5) is 16.6 Å². The van der Waals surface area contributed by atoms with Crippen molar-refractivity contribution >= 4 is 23.8 Å². The topological polar surface area (TPSA) is 90.9 Å². The molecule has 2 atom stereocenters. The zero-order valence-corrected chi connectivity index (χ0v) is 23.2. The van der Waals surface area contributed by atoms with Gasteiger partial charge in [0.15, 0.2) is 0 Å². The third-order valence-corrected chi connectivity index (χ3v) is 7.20. The molecule has 1 aromatic heterocycles. The summed E-state index contributed by atoms with van der Waals surface area (Å²) in [6.07, 6.45) is 3.76. The summed E-state index contributed by atoms with van der Waals surface area (Å²) in [5.74, 6) is 1.09. The highest BCUT2D eigenvalue weighted by Gasteiger charge is 2.30. The van der Waals surface area contributed by atoms with E-state index in [0.29, 0.717) is 18.3 Å². The molecule has 4 rings (SSSR count). The van der Waals surface area contributed by atoms with Gasteiger partial charge in [0.25, 0.3) is 0 Å². The number of carbonyl (C=O) groups is 2. The van der Waals surface area contributed by atoms with Crippen molar-refractivity contribution in [2.24, 2.45) is 5.41 Å². The van der Waals surface area contributed by atoms with E-state index in [0.717, 1.165) is 43.7 Å². The Morgan fingerprint density at radius 2 is 1.82 bits per heavy atom. The first-order valence-corrected chi connectivity index (χ1v) is 13.4. The van der Waals surface area contributed by atoms with Crippen LogP contribution in [-0.2, 0) is 16.1 Å². The molecule has 9 heteroatoms. The summed E-state index contributed by atoms with van der Waals surface area (Å²) in [5, 5.41) is 3.38. The SMILES string of the molecule is C=CC(=O)N1CCN(C(CC(C)(C)C)c2ccc([C@H](C)Nc3ncc4c(n3)N(CC)C(=O)OC4)cc2)CC1. The fraction of sp³-hybridized carbons (Fsp3) is 0.517. The van der Waals surface area contributed by atoms with Crippen LogP contribution in [0.15, 0.2) is 43.1 Å². The van der Waals surface area contributed by atoms with Gasteiger partial charge < -0.3 is 15.0 Å². The summed E-state index contributed by atoms with van der Waals surface area (Å²) in [6.45, 7) is 18.2. The van der Waals surface area contributed by atoms with Crippen molar-refractivity contribution in [1.29, 1.82) is 0 Å². The van der Waals surface area contributed by atoms with E-state index in [9.17, 15) is 9.59 Å². The number of benzene rings is 1. The lowest BCUT2D eigenvalue weighted by atomic mass is 9.84. The molecule has 2 aromatic rings. The summed E-state index contributed by atoms with van der Waals surface area (Å²) in [5.41, 5.74) is 3.36. The molecule has 2 aliphatic rings. The van der Waals surface area contributed by atoms with E-state index in [2.05, 4.69) is 78.7 Å². The first-order valence-electron chi connectivity index (χ1n) is 13.4. The number of aromatic nitrogens is 2. The van der Waals surface area contributed by atoms with Crippen LogP contribution in [0.2, 0.25) is 0 Å². The minimum Gasteiger partial charge on any atom is -0.444 e. The number of rotatable bonds is 8. The lowest BCUT2D eigenvalue weighted by molar-refractivity contribution is -0.128. The number of nitrogens with zero attached hydrogens (tertiary/aromatic N) is 5. The first-order chi connectivity index (χ1) is 18.1. The average Bonchev–Trinajstić information content (AvgIpc) is 2.91. The van der Waals surface area contributed by atoms with E-state index in [-0.39, 0.29) is 36.1 Å². The highest BCUT2D eigenvalue weighted by atomic mass is 16.6. The Labute approximate surface area is 225 Å². The Kier molecular flexibility index (Phi) is 8.35. The molecular formula is C29H40N6O3. The Balaban J connectivity index is 1.47. The molecule has 9 nitrogen and oxygen atoms in total. The predicted octanol–water partition coefficient (Wildman–Crippen LogP) is 4.93. The fourth-order valence-electron chi connectivity index (χ4n) is 5.09. The van der Waals surface area contributed by atoms with Gasteiger partial charge in [-0.25, -0.2) is 9.78 Å². The van der Waals surface area contributed by atoms with Crippen LogP contribution in [0, 0.1) is 5.41 Å². The van der Waals surface area contributed by atoms with Crippen LogP contribution >= 0.6 is 0 Å². The summed E-state index contributed by atoms with van der Waals surface area (Å²) in [6, 6.07) is 9.00. The lowest BCUT2D eigenvalue weighted by Crippen LogP contribution is -2.49. The number of nitrogens with one attached hydrogen (secondary N) is 1. The fourth-order valence-corrected chi connectivity index (χ4v) is 5.09. The van der Waals surface area contributed by atoms with Crippen LogP contribution in [0.5, 0.6) is 0 Å². The Hall–Kier alpha value is -3.46. The standard InChI is InChI=1S/C29H40N6O3/c1-7-25(36)34-15-13-33(14-16-34)24(17-29(4,5)6)22-11-9-21(10-12-22)20(3)31-27-30-18-23-19-38-28(37)35(8-2)26(23)32-27/h7,9-12,18,20,24H,1,8,13-17,19H2,2-6H3,(H,30,31,32)/t20-,24?/m0/s1. The predicted molar refractivity (Wildman–Crippen MR) is 149 cm³/mol. The van der Waals surface area contributed by atoms with Gasteiger partial charge in [-0.3, -0.25) is 14.6 Å². The van der Waals surface area contributed by atoms with E-state index in [4.69, 9.17) is 4.74 Å². The van der Waals surface area contributed by atoms with Crippen molar-refractivity contribution in [3.05, 3.63) is 59.8 Å². The van der Waals surface area contributed by atoms with E-state index in [1.54, 1.807) is 6.20 Å². The van der Waals surface area contributed by atoms with Crippen molar-refractivity contribution in [3.63, 3.8) is 0 Å². The molecule has 0 aliphatic carbocycles. The highest BCUT2D eigenvalue weighted by molar-refractivity contribution is 5.89. The Morgan fingerprint density at radius 3 is 2.42 bits per heavy atom. The van der Waals surface area contributed by atoms with Crippen molar-refractivity contribution in [2.45, 2.75) is 59.7 Å². The lowest BCUT2D eigenvalue weighted by Gasteiger charge is -2.41. The molecule has 3 heterocycles. The van der Waals surface area contributed by atoms with Crippen LogP contribution in [-0.4, -0.2) is 64.5 Å². The number of carbonyl (C=O) groups excluding carboxylic acids is 2. The molecule has 1 fully saturated rings. The van der Waals surface area contributed by atoms with E-state index in [1.807, 2.05) is 11.8 Å². The normalized spacial score (nSPS) is 17.9. The van der Waals surface area contributed by atoms with Gasteiger partial charge in [0.2, 0.25) is 11.9 Å². The monoisotopic (exact) mass is 520 g/mol. The molecular weight excluding hydrogens is 480 g/mol. The van der Waals surface area contributed by atoms with Crippen LogP contribution in [0.25, 0.3) is 0 Å². The first kappa shape index (κ1) is 27.6. The maximum Gasteiger partial charge on any atom is 0.415 e. The second-order valence-electron chi connectivity index (χ2n) is 11.2. The van der Waals surface area contributed by atoms with Gasteiger partial charge in [0, 0.05) is 45.0 Å². The Bertz CT molecular complexity index is 1150. The molecule has 0 bridgehead atoms. The molecule has 2 amide bonds. The summed E-state index contributed by atoms with van der Waals surface area (Å²) in [7, 11) is 0. The zero-order valence-electron chi connectivity index (χ0n) is 23.2. The number of ether oxygens (including phenoxy) is 1. The van der Waals surface area contributed by atoms with Gasteiger partial charge >= 0.3 is 6.09 Å². The molecule has 0 saturated carbocycles.